The van der Waals surface area contributed by atoms with Crippen molar-refractivity contribution in [1.29, 1.82) is 5.26 Å². The molecule has 3 rings (SSSR count). The maximum absolute atomic E-state index is 8.75. The summed E-state index contributed by atoms with van der Waals surface area (Å²) in [5.41, 5.74) is 4.41. The van der Waals surface area contributed by atoms with E-state index in [2.05, 4.69) is 35.5 Å². The fraction of sp³-hybridized carbons (Fsp3) is 0.250. The Balaban J connectivity index is 1.95. The third kappa shape index (κ3) is 2.63. The van der Waals surface area contributed by atoms with Crippen LogP contribution in [-0.2, 0) is 13.0 Å². The first-order valence-corrected chi connectivity index (χ1v) is 7.58. The highest BCUT2D eigenvalue weighted by Crippen LogP contribution is 2.28. The zero-order valence-electron chi connectivity index (χ0n) is 12.0. The minimum atomic E-state index is 0.371. The zero-order chi connectivity index (χ0) is 14.8. The lowest BCUT2D eigenvalue weighted by Gasteiger charge is -2.07. The first-order valence-electron chi connectivity index (χ1n) is 6.70. The molecule has 21 heavy (non-hydrogen) atoms. The van der Waals surface area contributed by atoms with E-state index in [1.54, 1.807) is 6.26 Å². The van der Waals surface area contributed by atoms with Crippen LogP contribution in [0, 0.1) is 25.2 Å². The lowest BCUT2D eigenvalue weighted by atomic mass is 10.2. The van der Waals surface area contributed by atoms with Gasteiger partial charge in [0.15, 0.2) is 0 Å². The Morgan fingerprint density at radius 3 is 3.00 bits per heavy atom. The van der Waals surface area contributed by atoms with Crippen LogP contribution in [-0.4, -0.2) is 9.55 Å². The summed E-state index contributed by atoms with van der Waals surface area (Å²) in [6.45, 7) is 4.90. The lowest BCUT2D eigenvalue weighted by Crippen LogP contribution is -2.02. The largest absolute Gasteiger partial charge is 0.467 e. The topological polar surface area (TPSA) is 54.8 Å². The van der Waals surface area contributed by atoms with E-state index in [0.29, 0.717) is 6.42 Å². The zero-order valence-corrected chi connectivity index (χ0v) is 12.8. The fourth-order valence-corrected chi connectivity index (χ4v) is 3.17. The van der Waals surface area contributed by atoms with E-state index in [-0.39, 0.29) is 0 Å². The predicted molar refractivity (Wildman–Crippen MR) is 82.1 cm³/mol. The van der Waals surface area contributed by atoms with Gasteiger partial charge in [-0.1, -0.05) is 0 Å². The second-order valence-electron chi connectivity index (χ2n) is 4.91. The molecule has 0 saturated carbocycles. The average molecular weight is 297 g/mol. The molecule has 3 aromatic heterocycles. The highest BCUT2D eigenvalue weighted by Gasteiger charge is 2.14. The van der Waals surface area contributed by atoms with E-state index in [1.165, 1.54) is 17.0 Å². The van der Waals surface area contributed by atoms with Gasteiger partial charge in [0.2, 0.25) is 0 Å². The smallest absolute Gasteiger partial charge is 0.123 e. The quantitative estimate of drug-likeness (QED) is 0.733. The Morgan fingerprint density at radius 1 is 1.43 bits per heavy atom. The molecule has 0 aliphatic rings. The van der Waals surface area contributed by atoms with Crippen LogP contribution in [0.1, 0.15) is 22.2 Å². The van der Waals surface area contributed by atoms with Crippen molar-refractivity contribution >= 4 is 11.3 Å². The van der Waals surface area contributed by atoms with Crippen LogP contribution in [0.25, 0.3) is 11.3 Å². The first kappa shape index (κ1) is 13.7. The minimum absolute atomic E-state index is 0.371. The van der Waals surface area contributed by atoms with Crippen molar-refractivity contribution in [3.8, 4) is 17.3 Å². The van der Waals surface area contributed by atoms with Gasteiger partial charge in [-0.25, -0.2) is 4.98 Å². The molecular formula is C16H15N3OS. The molecule has 0 fully saturated rings. The number of aryl methyl sites for hydroxylation is 1. The summed E-state index contributed by atoms with van der Waals surface area (Å²) in [5.74, 6) is 0.937. The normalized spacial score (nSPS) is 10.7. The molecular weight excluding hydrogens is 282 g/mol. The van der Waals surface area contributed by atoms with Gasteiger partial charge in [0, 0.05) is 22.3 Å². The van der Waals surface area contributed by atoms with Crippen LogP contribution in [0.3, 0.4) is 0 Å². The van der Waals surface area contributed by atoms with Crippen molar-refractivity contribution in [2.24, 2.45) is 0 Å². The molecule has 106 valence electrons. The molecule has 0 N–H and O–H groups in total. The van der Waals surface area contributed by atoms with Crippen molar-refractivity contribution in [2.75, 3.05) is 0 Å². The molecule has 0 saturated heterocycles. The maximum Gasteiger partial charge on any atom is 0.123 e. The molecule has 0 bridgehead atoms. The number of hydrogen-bond acceptors (Lipinski definition) is 4. The van der Waals surface area contributed by atoms with Crippen molar-refractivity contribution in [1.82, 2.24) is 9.55 Å². The van der Waals surface area contributed by atoms with Crippen LogP contribution < -0.4 is 0 Å². The van der Waals surface area contributed by atoms with Crippen LogP contribution in [0.2, 0.25) is 0 Å². The second-order valence-corrected chi connectivity index (χ2v) is 5.85. The molecule has 0 aliphatic carbocycles. The van der Waals surface area contributed by atoms with Gasteiger partial charge in [-0.05, 0) is 32.0 Å². The Labute approximate surface area is 127 Å². The summed E-state index contributed by atoms with van der Waals surface area (Å²) in [7, 11) is 0. The third-order valence-corrected chi connectivity index (χ3v) is 4.37. The molecule has 0 radical (unpaired) electrons. The average Bonchev–Trinajstić information content (AvgIpc) is 3.17. The van der Waals surface area contributed by atoms with Gasteiger partial charge in [0.1, 0.15) is 10.8 Å². The number of nitriles is 1. The summed E-state index contributed by atoms with van der Waals surface area (Å²) >= 11 is 1.54. The Hall–Kier alpha value is -2.32. The molecule has 3 heterocycles. The number of aromatic nitrogens is 2. The van der Waals surface area contributed by atoms with Gasteiger partial charge in [-0.2, -0.15) is 5.26 Å². The molecule has 4 nitrogen and oxygen atoms in total. The van der Waals surface area contributed by atoms with Gasteiger partial charge in [0.25, 0.3) is 0 Å². The van der Waals surface area contributed by atoms with Crippen LogP contribution in [0.5, 0.6) is 0 Å². The van der Waals surface area contributed by atoms with Crippen molar-refractivity contribution in [3.05, 3.63) is 52.0 Å². The highest BCUT2D eigenvalue weighted by molar-refractivity contribution is 7.10. The third-order valence-electron chi connectivity index (χ3n) is 3.53. The lowest BCUT2D eigenvalue weighted by molar-refractivity contribution is 0.489. The van der Waals surface area contributed by atoms with Gasteiger partial charge < -0.3 is 8.98 Å². The Bertz CT molecular complexity index is 790. The number of thiazole rings is 1. The molecule has 0 unspecified atom stereocenters. The second kappa shape index (κ2) is 5.58. The van der Waals surface area contributed by atoms with Gasteiger partial charge in [-0.3, -0.25) is 0 Å². The standard InChI is InChI=1S/C16H15N3OS/c1-11-8-14(15-10-21-16(18-15)5-6-17)12(2)19(11)9-13-4-3-7-20-13/h3-4,7-8,10H,5,9H2,1-2H3. The minimum Gasteiger partial charge on any atom is -0.467 e. The number of hydrogen-bond donors (Lipinski definition) is 0. The van der Waals surface area contributed by atoms with Crippen LogP contribution in [0.4, 0.5) is 0 Å². The van der Waals surface area contributed by atoms with Crippen LogP contribution >= 0.6 is 11.3 Å². The van der Waals surface area contributed by atoms with Gasteiger partial charge in [0.05, 0.1) is 31.0 Å². The van der Waals surface area contributed by atoms with Gasteiger partial charge >= 0.3 is 0 Å². The van der Waals surface area contributed by atoms with Gasteiger partial charge in [-0.15, -0.1) is 11.3 Å². The SMILES string of the molecule is Cc1cc(-c2csc(CC#N)n2)c(C)n1Cc1ccco1. The van der Waals surface area contributed by atoms with E-state index in [1.807, 2.05) is 17.5 Å². The summed E-state index contributed by atoms with van der Waals surface area (Å²) in [5, 5.41) is 11.6. The van der Waals surface area contributed by atoms with E-state index in [0.717, 1.165) is 34.3 Å². The Morgan fingerprint density at radius 2 is 2.29 bits per heavy atom. The van der Waals surface area contributed by atoms with E-state index >= 15 is 0 Å². The molecule has 0 amide bonds. The molecule has 0 aromatic carbocycles. The fourth-order valence-electron chi connectivity index (χ4n) is 2.45. The molecule has 3 aromatic rings. The summed E-state index contributed by atoms with van der Waals surface area (Å²) in [4.78, 5) is 4.54. The van der Waals surface area contributed by atoms with E-state index in [4.69, 9.17) is 9.68 Å². The number of nitrogens with zero attached hydrogens (tertiary/aromatic N) is 3. The summed E-state index contributed by atoms with van der Waals surface area (Å²) in [6, 6.07) is 8.16. The summed E-state index contributed by atoms with van der Waals surface area (Å²) in [6.07, 6.45) is 2.06. The highest BCUT2D eigenvalue weighted by atomic mass is 32.1. The van der Waals surface area contributed by atoms with Crippen molar-refractivity contribution in [3.63, 3.8) is 0 Å². The maximum atomic E-state index is 8.75. The number of furan rings is 1. The number of rotatable bonds is 4. The van der Waals surface area contributed by atoms with Crippen LogP contribution in [0.15, 0.2) is 34.3 Å². The summed E-state index contributed by atoms with van der Waals surface area (Å²) < 4.78 is 7.65. The monoisotopic (exact) mass is 297 g/mol. The van der Waals surface area contributed by atoms with Crippen molar-refractivity contribution < 1.29 is 4.42 Å². The molecule has 0 aliphatic heterocycles. The molecule has 0 atom stereocenters. The molecule has 5 heteroatoms. The molecule has 0 spiro atoms. The first-order chi connectivity index (χ1) is 10.2. The van der Waals surface area contributed by atoms with E-state index in [9.17, 15) is 0 Å². The van der Waals surface area contributed by atoms with E-state index < -0.39 is 0 Å². The predicted octanol–water partition coefficient (Wildman–Crippen LogP) is 3.94. The Kier molecular flexibility index (Phi) is 3.63. The van der Waals surface area contributed by atoms with Crippen molar-refractivity contribution in [2.45, 2.75) is 26.8 Å².